The maximum atomic E-state index is 12.7. The van der Waals surface area contributed by atoms with Crippen LogP contribution in [0.4, 0.5) is 14.7 Å². The maximum absolute atomic E-state index is 12.7. The number of rotatable bonds is 4. The summed E-state index contributed by atoms with van der Waals surface area (Å²) in [7, 11) is 1.42. The molecule has 134 valence electrons. The monoisotopic (exact) mass is 361 g/mol. The van der Waals surface area contributed by atoms with E-state index in [4.69, 9.17) is 10.5 Å². The first-order valence-electron chi connectivity index (χ1n) is 7.52. The first-order valence-corrected chi connectivity index (χ1v) is 7.52. The van der Waals surface area contributed by atoms with Gasteiger partial charge in [-0.3, -0.25) is 0 Å². The minimum absolute atomic E-state index is 0.0681. The molecule has 0 saturated carbocycles. The molecule has 0 bridgehead atoms. The Morgan fingerprint density at radius 1 is 1.31 bits per heavy atom. The van der Waals surface area contributed by atoms with Gasteiger partial charge >= 0.3 is 0 Å². The highest BCUT2D eigenvalue weighted by atomic mass is 19.3. The highest BCUT2D eigenvalue weighted by Gasteiger charge is 2.19. The number of fused-ring (bicyclic) bond motifs is 2. The molecule has 0 amide bonds. The molecule has 0 fully saturated rings. The number of methoxy groups -OCH3 is 1. The van der Waals surface area contributed by atoms with E-state index < -0.39 is 13.0 Å². The minimum atomic E-state index is -2.56. The van der Waals surface area contributed by atoms with Crippen LogP contribution in [0.5, 0.6) is 11.8 Å². The van der Waals surface area contributed by atoms with Gasteiger partial charge < -0.3 is 15.6 Å². The van der Waals surface area contributed by atoms with Crippen LogP contribution < -0.4 is 10.5 Å². The van der Waals surface area contributed by atoms with Crippen LogP contribution in [-0.4, -0.2) is 48.2 Å². The molecule has 4 rings (SSSR count). The molecule has 0 spiro atoms. The predicted molar refractivity (Wildman–Crippen MR) is 88.1 cm³/mol. The lowest BCUT2D eigenvalue weighted by Crippen LogP contribution is -2.08. The van der Waals surface area contributed by atoms with Crippen LogP contribution in [-0.2, 0) is 6.54 Å². The van der Waals surface area contributed by atoms with E-state index in [2.05, 4.69) is 20.4 Å². The first kappa shape index (κ1) is 16.0. The average Bonchev–Trinajstić information content (AvgIpc) is 3.15. The van der Waals surface area contributed by atoms with Crippen LogP contribution in [0.1, 0.15) is 0 Å². The van der Waals surface area contributed by atoms with Gasteiger partial charge in [0.05, 0.1) is 12.6 Å². The van der Waals surface area contributed by atoms with Crippen molar-refractivity contribution >= 4 is 22.5 Å². The maximum Gasteiger partial charge on any atom is 0.258 e. The number of nitrogen functional groups attached to an aromatic ring is 1. The van der Waals surface area contributed by atoms with Gasteiger partial charge in [-0.05, 0) is 17.7 Å². The Morgan fingerprint density at radius 2 is 2.12 bits per heavy atom. The van der Waals surface area contributed by atoms with Crippen molar-refractivity contribution in [3.05, 3.63) is 24.3 Å². The van der Waals surface area contributed by atoms with Crippen LogP contribution in [0, 0.1) is 0 Å². The van der Waals surface area contributed by atoms with Crippen molar-refractivity contribution < 1.29 is 18.6 Å². The predicted octanol–water partition coefficient (Wildman–Crippen LogP) is 1.70. The minimum Gasteiger partial charge on any atom is -0.493 e. The lowest BCUT2D eigenvalue weighted by Gasteiger charge is -2.06. The molecule has 11 heteroatoms. The first-order chi connectivity index (χ1) is 12.5. The number of nitrogens with zero attached hydrogens (tertiary/aromatic N) is 6. The summed E-state index contributed by atoms with van der Waals surface area (Å²) in [6, 6.07) is 6.51. The zero-order chi connectivity index (χ0) is 18.4. The molecule has 9 nitrogen and oxygen atoms in total. The van der Waals surface area contributed by atoms with Crippen molar-refractivity contribution in [1.29, 1.82) is 0 Å². The molecule has 26 heavy (non-hydrogen) atoms. The van der Waals surface area contributed by atoms with Crippen LogP contribution in [0.2, 0.25) is 0 Å². The van der Waals surface area contributed by atoms with Crippen molar-refractivity contribution in [3.8, 4) is 22.9 Å². The highest BCUT2D eigenvalue weighted by molar-refractivity contribution is 5.90. The van der Waals surface area contributed by atoms with E-state index in [1.807, 2.05) is 0 Å². The molecular weight excluding hydrogens is 348 g/mol. The number of hydrogen-bond donors (Lipinski definition) is 2. The lowest BCUT2D eigenvalue weighted by molar-refractivity contribution is 0.122. The quantitative estimate of drug-likeness (QED) is 0.568. The molecule has 0 radical (unpaired) electrons. The van der Waals surface area contributed by atoms with E-state index in [-0.39, 0.29) is 17.7 Å². The van der Waals surface area contributed by atoms with Crippen molar-refractivity contribution in [2.75, 3.05) is 12.8 Å². The number of alkyl halides is 2. The second kappa shape index (κ2) is 5.79. The lowest BCUT2D eigenvalue weighted by atomic mass is 10.1. The molecule has 0 aliphatic heterocycles. The number of anilines is 1. The Bertz CT molecular complexity index is 1120. The molecule has 3 aromatic heterocycles. The fourth-order valence-electron chi connectivity index (χ4n) is 2.84. The normalized spacial score (nSPS) is 11.7. The van der Waals surface area contributed by atoms with Gasteiger partial charge in [0.15, 0.2) is 0 Å². The summed E-state index contributed by atoms with van der Waals surface area (Å²) in [5.74, 6) is -0.0599. The Hall–Kier alpha value is -3.50. The molecule has 4 aromatic rings. The average molecular weight is 361 g/mol. The van der Waals surface area contributed by atoms with E-state index in [9.17, 15) is 13.9 Å². The molecule has 3 N–H and O–H groups in total. The summed E-state index contributed by atoms with van der Waals surface area (Å²) in [5, 5.41) is 21.8. The van der Waals surface area contributed by atoms with Gasteiger partial charge in [0, 0.05) is 11.6 Å². The van der Waals surface area contributed by atoms with E-state index in [1.165, 1.54) is 17.7 Å². The largest absolute Gasteiger partial charge is 0.493 e. The van der Waals surface area contributed by atoms with Gasteiger partial charge in [-0.25, -0.2) is 13.5 Å². The molecule has 3 heterocycles. The van der Waals surface area contributed by atoms with Gasteiger partial charge in [0.25, 0.3) is 6.43 Å². The van der Waals surface area contributed by atoms with Crippen molar-refractivity contribution in [3.63, 3.8) is 0 Å². The molecule has 0 aliphatic rings. The van der Waals surface area contributed by atoms with Crippen LogP contribution >= 0.6 is 0 Å². The third-order valence-electron chi connectivity index (χ3n) is 3.91. The second-order valence-electron chi connectivity index (χ2n) is 5.52. The van der Waals surface area contributed by atoms with E-state index in [0.717, 1.165) is 4.68 Å². The summed E-state index contributed by atoms with van der Waals surface area (Å²) < 4.78 is 33.0. The van der Waals surface area contributed by atoms with Gasteiger partial charge in [-0.15, -0.1) is 10.2 Å². The molecule has 0 aliphatic carbocycles. The number of nitrogens with two attached hydrogens (primary N) is 1. The zero-order valence-electron chi connectivity index (χ0n) is 13.5. The summed E-state index contributed by atoms with van der Waals surface area (Å²) >= 11 is 0. The molecular formula is C15H13F2N7O2. The van der Waals surface area contributed by atoms with Gasteiger partial charge in [0.2, 0.25) is 17.7 Å². The third kappa shape index (κ3) is 2.44. The number of halogens is 2. The SMILES string of the molecule is COc1nc(N)nn2c(O)cc(-c3ccc4nnn(CC(F)F)c4c3)c12. The fraction of sp³-hybridized carbons (Fsp3) is 0.200. The molecule has 1 aromatic carbocycles. The number of aromatic hydroxyl groups is 1. The molecule has 0 unspecified atom stereocenters. The second-order valence-corrected chi connectivity index (χ2v) is 5.52. The van der Waals surface area contributed by atoms with Crippen molar-refractivity contribution in [2.45, 2.75) is 13.0 Å². The summed E-state index contributed by atoms with van der Waals surface area (Å²) in [6.45, 7) is -0.565. The standard InChI is InChI=1S/C15H13F2N7O2/c1-26-14-13-8(5-12(25)24(13)21-15(18)19-14)7-2-3-9-10(4-7)23(22-20-9)6-11(16)17/h2-5,11,25H,6H2,1H3,(H2,18,21). The van der Waals surface area contributed by atoms with Gasteiger partial charge in [-0.2, -0.15) is 9.50 Å². The number of aromatic nitrogens is 6. The fourth-order valence-corrected chi connectivity index (χ4v) is 2.84. The van der Waals surface area contributed by atoms with Crippen LogP contribution in [0.15, 0.2) is 24.3 Å². The van der Waals surface area contributed by atoms with Gasteiger partial charge in [0.1, 0.15) is 17.6 Å². The Morgan fingerprint density at radius 3 is 2.85 bits per heavy atom. The summed E-state index contributed by atoms with van der Waals surface area (Å²) in [5.41, 5.74) is 8.11. The Labute approximate surface area is 144 Å². The summed E-state index contributed by atoms with van der Waals surface area (Å²) in [4.78, 5) is 4.01. The highest BCUT2D eigenvalue weighted by Crippen LogP contribution is 2.36. The molecule has 0 atom stereocenters. The number of hydrogen-bond acceptors (Lipinski definition) is 7. The third-order valence-corrected chi connectivity index (χ3v) is 3.91. The zero-order valence-corrected chi connectivity index (χ0v) is 13.5. The van der Waals surface area contributed by atoms with Crippen LogP contribution in [0.25, 0.3) is 27.7 Å². The van der Waals surface area contributed by atoms with Crippen molar-refractivity contribution in [1.82, 2.24) is 29.6 Å². The Kier molecular flexibility index (Phi) is 3.56. The van der Waals surface area contributed by atoms with E-state index >= 15 is 0 Å². The van der Waals surface area contributed by atoms with Gasteiger partial charge in [-0.1, -0.05) is 11.3 Å². The smallest absolute Gasteiger partial charge is 0.258 e. The number of benzene rings is 1. The van der Waals surface area contributed by atoms with E-state index in [0.29, 0.717) is 27.7 Å². The summed E-state index contributed by atoms with van der Waals surface area (Å²) in [6.07, 6.45) is -2.56. The van der Waals surface area contributed by atoms with Crippen molar-refractivity contribution in [2.24, 2.45) is 0 Å². The Balaban J connectivity index is 1.95. The van der Waals surface area contributed by atoms with Crippen LogP contribution in [0.3, 0.4) is 0 Å². The molecule has 0 saturated heterocycles. The van der Waals surface area contributed by atoms with E-state index in [1.54, 1.807) is 18.2 Å². The number of ether oxygens (including phenoxy) is 1. The topological polar surface area (TPSA) is 116 Å².